The zero-order valence-electron chi connectivity index (χ0n) is 21.9. The van der Waals surface area contributed by atoms with Crippen molar-refractivity contribution >= 4 is 5.91 Å². The lowest BCUT2D eigenvalue weighted by molar-refractivity contribution is -0.129. The van der Waals surface area contributed by atoms with E-state index < -0.39 is 0 Å². The maximum atomic E-state index is 13.1. The second-order valence-electron chi connectivity index (χ2n) is 12.3. The lowest BCUT2D eigenvalue weighted by Gasteiger charge is -2.58. The third-order valence-electron chi connectivity index (χ3n) is 10.6. The number of aliphatic hydroxyl groups excluding tert-OH is 1. The highest BCUT2D eigenvalue weighted by Gasteiger charge is 2.59. The van der Waals surface area contributed by atoms with Gasteiger partial charge < -0.3 is 26.8 Å². The van der Waals surface area contributed by atoms with E-state index in [9.17, 15) is 9.90 Å². The molecule has 34 heavy (non-hydrogen) atoms. The van der Waals surface area contributed by atoms with Crippen molar-refractivity contribution in [2.45, 2.75) is 78.2 Å². The minimum absolute atomic E-state index is 0.0767. The molecule has 0 saturated heterocycles. The van der Waals surface area contributed by atoms with Crippen LogP contribution in [0.4, 0.5) is 0 Å². The third kappa shape index (κ3) is 4.98. The van der Waals surface area contributed by atoms with Gasteiger partial charge in [0.15, 0.2) is 0 Å². The van der Waals surface area contributed by atoms with Gasteiger partial charge in [-0.25, -0.2) is 0 Å². The molecule has 194 valence electrons. The van der Waals surface area contributed by atoms with Crippen molar-refractivity contribution in [3.8, 4) is 0 Å². The SMILES string of the molecule is CC(C(=O)NCCNCCNCCN)[C@H]1CC[C@H]2C3CC=C4CC(O)CC[C@]4(C)C3CC[C@]12C. The average molecular weight is 475 g/mol. The van der Waals surface area contributed by atoms with Crippen molar-refractivity contribution in [3.05, 3.63) is 11.6 Å². The molecule has 0 bridgehead atoms. The van der Waals surface area contributed by atoms with Gasteiger partial charge in [0.05, 0.1) is 6.10 Å². The van der Waals surface area contributed by atoms with Gasteiger partial charge in [0, 0.05) is 45.2 Å². The first-order valence-electron chi connectivity index (χ1n) is 14.1. The number of nitrogens with two attached hydrogens (primary N) is 1. The van der Waals surface area contributed by atoms with Gasteiger partial charge in [-0.3, -0.25) is 4.79 Å². The Bertz CT molecular complexity index is 742. The van der Waals surface area contributed by atoms with E-state index in [1.165, 1.54) is 32.1 Å². The Morgan fingerprint density at radius 3 is 2.56 bits per heavy atom. The molecule has 0 radical (unpaired) electrons. The summed E-state index contributed by atoms with van der Waals surface area (Å²) in [5.74, 6) is 3.03. The van der Waals surface area contributed by atoms with Crippen LogP contribution >= 0.6 is 0 Å². The number of carbonyl (C=O) groups excluding carboxylic acids is 1. The molecule has 0 spiro atoms. The topological polar surface area (TPSA) is 99.4 Å². The van der Waals surface area contributed by atoms with Crippen LogP contribution in [-0.4, -0.2) is 56.4 Å². The highest BCUT2D eigenvalue weighted by molar-refractivity contribution is 5.78. The van der Waals surface area contributed by atoms with E-state index in [-0.39, 0.29) is 28.8 Å². The summed E-state index contributed by atoms with van der Waals surface area (Å²) in [5, 5.41) is 20.1. The molecule has 4 unspecified atom stereocenters. The summed E-state index contributed by atoms with van der Waals surface area (Å²) in [6.07, 6.45) is 11.6. The molecular formula is C28H50N4O2. The minimum Gasteiger partial charge on any atom is -0.393 e. The zero-order chi connectivity index (χ0) is 24.3. The van der Waals surface area contributed by atoms with Gasteiger partial charge in [-0.1, -0.05) is 32.4 Å². The van der Waals surface area contributed by atoms with E-state index in [1.807, 2.05) is 0 Å². The van der Waals surface area contributed by atoms with Crippen LogP contribution in [0.1, 0.15) is 72.1 Å². The van der Waals surface area contributed by atoms with Gasteiger partial charge in [-0.15, -0.1) is 0 Å². The quantitative estimate of drug-likeness (QED) is 0.248. The van der Waals surface area contributed by atoms with Crippen molar-refractivity contribution in [3.63, 3.8) is 0 Å². The number of hydrogen-bond donors (Lipinski definition) is 5. The summed E-state index contributed by atoms with van der Waals surface area (Å²) >= 11 is 0. The normalized spacial score (nSPS) is 40.0. The maximum Gasteiger partial charge on any atom is 0.223 e. The van der Waals surface area contributed by atoms with Crippen LogP contribution in [0.25, 0.3) is 0 Å². The molecule has 3 fully saturated rings. The first kappa shape index (κ1) is 26.1. The number of aliphatic hydroxyl groups is 1. The summed E-state index contributed by atoms with van der Waals surface area (Å²) < 4.78 is 0. The number of allylic oxidation sites excluding steroid dienone is 1. The number of nitrogens with one attached hydrogen (secondary N) is 3. The fraction of sp³-hybridized carbons (Fsp3) is 0.893. The van der Waals surface area contributed by atoms with Crippen molar-refractivity contribution in [1.29, 1.82) is 0 Å². The predicted molar refractivity (Wildman–Crippen MR) is 138 cm³/mol. The Kier molecular flexibility index (Phi) is 8.44. The van der Waals surface area contributed by atoms with Crippen LogP contribution in [0.3, 0.4) is 0 Å². The van der Waals surface area contributed by atoms with E-state index in [4.69, 9.17) is 5.73 Å². The average Bonchev–Trinajstić information content (AvgIpc) is 3.17. The zero-order valence-corrected chi connectivity index (χ0v) is 21.9. The van der Waals surface area contributed by atoms with Crippen molar-refractivity contribution in [1.82, 2.24) is 16.0 Å². The number of hydrogen-bond acceptors (Lipinski definition) is 5. The van der Waals surface area contributed by atoms with Crippen LogP contribution in [0.15, 0.2) is 11.6 Å². The number of fused-ring (bicyclic) bond motifs is 5. The number of carbonyl (C=O) groups is 1. The standard InChI is InChI=1S/C28H50N4O2/c1-19(26(34)32-17-16-31-15-14-30-13-12-29)23-6-7-24-22-5-4-20-18-21(33)8-10-27(20,2)25(22)9-11-28(23,24)3/h4,19,21-25,30-31,33H,5-18,29H2,1-3H3,(H,32,34)/t19?,21?,22?,23-,24+,25?,27+,28-/m1/s1. The molecule has 4 rings (SSSR count). The fourth-order valence-electron chi connectivity index (χ4n) is 8.65. The van der Waals surface area contributed by atoms with Crippen molar-refractivity contribution < 1.29 is 9.90 Å². The van der Waals surface area contributed by atoms with Crippen LogP contribution < -0.4 is 21.7 Å². The van der Waals surface area contributed by atoms with Gasteiger partial charge in [0.2, 0.25) is 5.91 Å². The van der Waals surface area contributed by atoms with Gasteiger partial charge in [0.1, 0.15) is 0 Å². The largest absolute Gasteiger partial charge is 0.393 e. The van der Waals surface area contributed by atoms with E-state index >= 15 is 0 Å². The molecule has 4 aliphatic rings. The van der Waals surface area contributed by atoms with E-state index in [0.717, 1.165) is 63.2 Å². The second kappa shape index (κ2) is 11.0. The number of amides is 1. The molecule has 6 heteroatoms. The summed E-state index contributed by atoms with van der Waals surface area (Å²) in [6.45, 7) is 12.0. The molecule has 0 aliphatic heterocycles. The van der Waals surface area contributed by atoms with Crippen LogP contribution in [-0.2, 0) is 4.79 Å². The van der Waals surface area contributed by atoms with Crippen molar-refractivity contribution in [2.24, 2.45) is 46.2 Å². The third-order valence-corrected chi connectivity index (χ3v) is 10.6. The van der Waals surface area contributed by atoms with E-state index in [2.05, 4.69) is 42.8 Å². The van der Waals surface area contributed by atoms with Crippen LogP contribution in [0.2, 0.25) is 0 Å². The number of rotatable bonds is 10. The molecule has 6 N–H and O–H groups in total. The Balaban J connectivity index is 1.31. The summed E-state index contributed by atoms with van der Waals surface area (Å²) in [7, 11) is 0. The van der Waals surface area contributed by atoms with E-state index in [0.29, 0.717) is 19.0 Å². The fourth-order valence-corrected chi connectivity index (χ4v) is 8.65. The highest BCUT2D eigenvalue weighted by atomic mass is 16.3. The van der Waals surface area contributed by atoms with Crippen LogP contribution in [0.5, 0.6) is 0 Å². The summed E-state index contributed by atoms with van der Waals surface area (Å²) in [4.78, 5) is 13.1. The molecule has 3 saturated carbocycles. The lowest BCUT2D eigenvalue weighted by atomic mass is 9.47. The Morgan fingerprint density at radius 2 is 1.79 bits per heavy atom. The summed E-state index contributed by atoms with van der Waals surface area (Å²) in [6, 6.07) is 0. The molecule has 0 aromatic heterocycles. The first-order valence-corrected chi connectivity index (χ1v) is 14.1. The smallest absolute Gasteiger partial charge is 0.223 e. The molecule has 4 aliphatic carbocycles. The molecule has 0 aromatic rings. The molecule has 6 nitrogen and oxygen atoms in total. The van der Waals surface area contributed by atoms with Crippen LogP contribution in [0, 0.1) is 40.4 Å². The molecule has 1 amide bonds. The Labute approximate surface area is 207 Å². The maximum absolute atomic E-state index is 13.1. The second-order valence-corrected chi connectivity index (χ2v) is 12.3. The monoisotopic (exact) mass is 474 g/mol. The van der Waals surface area contributed by atoms with Gasteiger partial charge in [0.25, 0.3) is 0 Å². The van der Waals surface area contributed by atoms with Gasteiger partial charge >= 0.3 is 0 Å². The van der Waals surface area contributed by atoms with Gasteiger partial charge in [-0.2, -0.15) is 0 Å². The van der Waals surface area contributed by atoms with E-state index in [1.54, 1.807) is 5.57 Å². The molecular weight excluding hydrogens is 424 g/mol. The Morgan fingerprint density at radius 1 is 1.06 bits per heavy atom. The highest BCUT2D eigenvalue weighted by Crippen LogP contribution is 2.67. The first-order chi connectivity index (χ1) is 16.3. The lowest BCUT2D eigenvalue weighted by Crippen LogP contribution is -2.51. The summed E-state index contributed by atoms with van der Waals surface area (Å²) in [5.41, 5.74) is 7.59. The minimum atomic E-state index is -0.136. The molecule has 0 heterocycles. The Hall–Kier alpha value is -0.950. The molecule has 8 atom stereocenters. The predicted octanol–water partition coefficient (Wildman–Crippen LogP) is 2.82. The molecule has 0 aromatic carbocycles. The van der Waals surface area contributed by atoms with Crippen molar-refractivity contribution in [2.75, 3.05) is 39.3 Å². The van der Waals surface area contributed by atoms with Gasteiger partial charge in [-0.05, 0) is 85.9 Å².